The van der Waals surface area contributed by atoms with Crippen molar-refractivity contribution in [2.45, 2.75) is 162 Å². The Hall–Kier alpha value is -2.74. The molecule has 13 heteroatoms. The maximum Gasteiger partial charge on any atom is 0.410 e. The quantitative estimate of drug-likeness (QED) is 0.148. The van der Waals surface area contributed by atoms with Crippen molar-refractivity contribution in [2.24, 2.45) is 23.7 Å². The van der Waals surface area contributed by atoms with Crippen molar-refractivity contribution >= 4 is 23.9 Å². The summed E-state index contributed by atoms with van der Waals surface area (Å²) < 4.78 is 37.8. The second-order valence-electron chi connectivity index (χ2n) is 17.0. The molecule has 0 aromatic heterocycles. The van der Waals surface area contributed by atoms with Crippen molar-refractivity contribution in [2.75, 3.05) is 27.2 Å². The molecule has 0 radical (unpaired) electrons. The Balaban J connectivity index is 2.21. The van der Waals surface area contributed by atoms with Gasteiger partial charge in [0.2, 0.25) is 0 Å². The molecule has 1 N–H and O–H groups in total. The summed E-state index contributed by atoms with van der Waals surface area (Å²) in [5, 5.41) is 2.88. The Morgan fingerprint density at radius 3 is 2.29 bits per heavy atom. The molecule has 0 aromatic carbocycles. The number of nitrogens with one attached hydrogen (secondary N) is 1. The van der Waals surface area contributed by atoms with Gasteiger partial charge in [-0.25, -0.2) is 9.59 Å². The van der Waals surface area contributed by atoms with Crippen LogP contribution < -0.4 is 5.32 Å². The highest BCUT2D eigenvalue weighted by atomic mass is 16.7. The number of hydrogen-bond acceptors (Lipinski definition) is 11. The smallest absolute Gasteiger partial charge is 0.410 e. The lowest BCUT2D eigenvalue weighted by Gasteiger charge is -2.48. The van der Waals surface area contributed by atoms with Gasteiger partial charge in [0.1, 0.15) is 17.6 Å². The first-order chi connectivity index (χ1) is 24.0. The van der Waals surface area contributed by atoms with Crippen LogP contribution in [0.4, 0.5) is 9.59 Å². The molecular weight excluding hydrogens is 670 g/mol. The number of esters is 1. The number of nitrogens with zero attached hydrogens (tertiary/aromatic N) is 2. The Labute approximate surface area is 311 Å². The molecule has 13 atom stereocenters. The molecule has 0 aliphatic carbocycles. The Morgan fingerprint density at radius 1 is 1.10 bits per heavy atom. The van der Waals surface area contributed by atoms with Gasteiger partial charge in [0.25, 0.3) is 0 Å². The van der Waals surface area contributed by atoms with Crippen LogP contribution in [0, 0.1) is 23.7 Å². The summed E-state index contributed by atoms with van der Waals surface area (Å²) in [4.78, 5) is 59.0. The minimum absolute atomic E-state index is 0.0576. The molecule has 3 aliphatic heterocycles. The fourth-order valence-corrected chi connectivity index (χ4v) is 8.36. The van der Waals surface area contributed by atoms with Crippen LogP contribution >= 0.6 is 0 Å². The Kier molecular flexibility index (Phi) is 14.4. The number of alkyl carbamates (subject to hydrolysis) is 1. The van der Waals surface area contributed by atoms with E-state index in [-0.39, 0.29) is 49.3 Å². The second kappa shape index (κ2) is 17.2. The fourth-order valence-electron chi connectivity index (χ4n) is 8.36. The number of cyclic esters (lactones) is 1. The average molecular weight is 738 g/mol. The largest absolute Gasteiger partial charge is 0.458 e. The van der Waals surface area contributed by atoms with Crippen LogP contribution in [-0.2, 0) is 38.0 Å². The first kappa shape index (κ1) is 43.7. The predicted octanol–water partition coefficient (Wildman–Crippen LogP) is 5.73. The van der Waals surface area contributed by atoms with Gasteiger partial charge in [0, 0.05) is 24.4 Å². The molecule has 5 unspecified atom stereocenters. The highest BCUT2D eigenvalue weighted by Gasteiger charge is 2.57. The standard InChI is InChI=1S/C39H67N3O10/c1-16-18-47-38(12)20-22(3)21-42(36(46)52-37(9,10)11)27(8)31-39(13,51-35(45)40-31)29(17-2)49-33(44)26(7)30(43)25(6)32(38)50-34-24(5)28(41(14)15)19-23(4)48-34/h16,22-29,31-32,34H,1,17-21H2,2-15H3,(H,40,45)/t22-,23?,24?,25-,26?,27-,28?,29-,31-,32?,34+,38-,39-/m1/s1. The van der Waals surface area contributed by atoms with Gasteiger partial charge in [-0.1, -0.05) is 33.8 Å². The van der Waals surface area contributed by atoms with Gasteiger partial charge in [0.15, 0.2) is 17.7 Å². The van der Waals surface area contributed by atoms with Gasteiger partial charge < -0.3 is 43.5 Å². The normalized spacial score (nSPS) is 39.8. The maximum absolute atomic E-state index is 14.4. The van der Waals surface area contributed by atoms with E-state index in [0.29, 0.717) is 6.42 Å². The number of hydrogen-bond donors (Lipinski definition) is 1. The van der Waals surface area contributed by atoms with Crippen molar-refractivity contribution in [3.8, 4) is 0 Å². The third-order valence-corrected chi connectivity index (χ3v) is 11.1. The maximum atomic E-state index is 14.4. The lowest BCUT2D eigenvalue weighted by Crippen LogP contribution is -2.62. The van der Waals surface area contributed by atoms with Crippen LogP contribution in [0.25, 0.3) is 0 Å². The van der Waals surface area contributed by atoms with Gasteiger partial charge in [-0.15, -0.1) is 6.58 Å². The molecule has 298 valence electrons. The summed E-state index contributed by atoms with van der Waals surface area (Å²) in [5.74, 6) is -3.46. The summed E-state index contributed by atoms with van der Waals surface area (Å²) in [7, 11) is 4.07. The molecule has 3 aliphatic rings. The number of rotatable bonds is 7. The first-order valence-electron chi connectivity index (χ1n) is 18.9. The van der Waals surface area contributed by atoms with E-state index in [1.807, 2.05) is 48.7 Å². The number of carbonyl (C=O) groups excluding carboxylic acids is 4. The summed E-state index contributed by atoms with van der Waals surface area (Å²) in [5.41, 5.74) is -3.31. The Bertz CT molecular complexity index is 1290. The number of carbonyl (C=O) groups is 4. The van der Waals surface area contributed by atoms with E-state index in [2.05, 4.69) is 23.7 Å². The van der Waals surface area contributed by atoms with Gasteiger partial charge in [-0.2, -0.15) is 0 Å². The van der Waals surface area contributed by atoms with Gasteiger partial charge >= 0.3 is 18.2 Å². The number of Topliss-reactive ketones (excluding diaryl/α,β-unsaturated/α-hetero) is 1. The monoisotopic (exact) mass is 737 g/mol. The van der Waals surface area contributed by atoms with E-state index >= 15 is 0 Å². The molecule has 2 amide bonds. The molecule has 3 heterocycles. The molecule has 13 nitrogen and oxygen atoms in total. The van der Waals surface area contributed by atoms with E-state index in [0.717, 1.165) is 6.42 Å². The molecule has 0 saturated carbocycles. The second-order valence-corrected chi connectivity index (χ2v) is 17.0. The molecule has 0 bridgehead atoms. The molecule has 52 heavy (non-hydrogen) atoms. The van der Waals surface area contributed by atoms with Crippen molar-refractivity contribution < 1.29 is 47.6 Å². The van der Waals surface area contributed by atoms with Crippen LogP contribution in [-0.4, -0.2) is 121 Å². The molecule has 3 rings (SSSR count). The van der Waals surface area contributed by atoms with Crippen molar-refractivity contribution in [1.82, 2.24) is 15.1 Å². The topological polar surface area (TPSA) is 142 Å². The molecule has 0 aromatic rings. The number of fused-ring (bicyclic) bond motifs is 1. The minimum Gasteiger partial charge on any atom is -0.458 e. The molecule has 3 saturated heterocycles. The molecular formula is C39H67N3O10. The zero-order valence-electron chi connectivity index (χ0n) is 34.1. The zero-order valence-corrected chi connectivity index (χ0v) is 34.1. The fraction of sp³-hybridized carbons (Fsp3) is 0.846. The predicted molar refractivity (Wildman–Crippen MR) is 197 cm³/mol. The van der Waals surface area contributed by atoms with Crippen LogP contribution in [0.15, 0.2) is 12.7 Å². The van der Waals surface area contributed by atoms with Crippen molar-refractivity contribution in [3.63, 3.8) is 0 Å². The molecule has 3 fully saturated rings. The summed E-state index contributed by atoms with van der Waals surface area (Å²) in [6.45, 7) is 26.2. The number of ketones is 1. The third kappa shape index (κ3) is 9.86. The van der Waals surface area contributed by atoms with Gasteiger partial charge in [-0.3, -0.25) is 9.59 Å². The minimum atomic E-state index is -1.37. The van der Waals surface area contributed by atoms with Crippen LogP contribution in [0.2, 0.25) is 0 Å². The summed E-state index contributed by atoms with van der Waals surface area (Å²) >= 11 is 0. The highest BCUT2D eigenvalue weighted by Crippen LogP contribution is 2.40. The summed E-state index contributed by atoms with van der Waals surface area (Å²) in [6, 6.07) is -1.30. The van der Waals surface area contributed by atoms with Crippen LogP contribution in [0.5, 0.6) is 0 Å². The summed E-state index contributed by atoms with van der Waals surface area (Å²) in [6.07, 6.45) is -0.783. The van der Waals surface area contributed by atoms with E-state index in [1.165, 1.54) is 6.92 Å². The average Bonchev–Trinajstić information content (AvgIpc) is 3.36. The number of ether oxygens (including phenoxy) is 6. The first-order valence-corrected chi connectivity index (χ1v) is 18.9. The lowest BCUT2D eigenvalue weighted by atomic mass is 9.78. The highest BCUT2D eigenvalue weighted by molar-refractivity contribution is 6.00. The van der Waals surface area contributed by atoms with E-state index in [9.17, 15) is 19.2 Å². The van der Waals surface area contributed by atoms with E-state index < -0.39 is 77.4 Å². The molecule has 0 spiro atoms. The van der Waals surface area contributed by atoms with Crippen molar-refractivity contribution in [1.29, 1.82) is 0 Å². The van der Waals surface area contributed by atoms with Crippen LogP contribution in [0.3, 0.4) is 0 Å². The van der Waals surface area contributed by atoms with Gasteiger partial charge in [0.05, 0.1) is 36.5 Å². The van der Waals surface area contributed by atoms with Crippen LogP contribution in [0.1, 0.15) is 102 Å². The Morgan fingerprint density at radius 2 is 1.73 bits per heavy atom. The van der Waals surface area contributed by atoms with Gasteiger partial charge in [-0.05, 0) is 94.7 Å². The zero-order chi connectivity index (χ0) is 39.5. The van der Waals surface area contributed by atoms with Crippen molar-refractivity contribution in [3.05, 3.63) is 12.7 Å². The lowest BCUT2D eigenvalue weighted by molar-refractivity contribution is -0.282. The number of amides is 2. The SMILES string of the molecule is C=CCO[C@]1(C)C[C@@H](C)CN(C(=O)OC(C)(C)C)[C@H](C)[C@H]2NC(=O)O[C@]2(C)[C@@H](CC)OC(=O)C(C)C(=O)[C@@H](C)C1O[C@@H]1OC(C)CC(N(C)C)C1C. The van der Waals surface area contributed by atoms with E-state index in [1.54, 1.807) is 45.6 Å². The third-order valence-electron chi connectivity index (χ3n) is 11.1. The van der Waals surface area contributed by atoms with E-state index in [4.69, 9.17) is 28.4 Å².